The average Bonchev–Trinajstić information content (AvgIpc) is 3.13. The number of likely N-dealkylation sites (tertiary alicyclic amines) is 1. The van der Waals surface area contributed by atoms with Gasteiger partial charge in [0.2, 0.25) is 0 Å². The van der Waals surface area contributed by atoms with Gasteiger partial charge >= 0.3 is 0 Å². The Kier molecular flexibility index (Phi) is 4.93. The molecule has 7 heteroatoms. The van der Waals surface area contributed by atoms with Gasteiger partial charge in [-0.3, -0.25) is 4.79 Å². The summed E-state index contributed by atoms with van der Waals surface area (Å²) in [7, 11) is 2.01. The first kappa shape index (κ1) is 15.7. The summed E-state index contributed by atoms with van der Waals surface area (Å²) in [6, 6.07) is 3.47. The summed E-state index contributed by atoms with van der Waals surface area (Å²) in [4.78, 5) is 18.5. The SMILES string of the molecule is Cn1ccnc1SCC1CCN(C(=O)c2ccc(Br)o2)CC1. The van der Waals surface area contributed by atoms with E-state index in [0.29, 0.717) is 16.3 Å². The van der Waals surface area contributed by atoms with E-state index < -0.39 is 0 Å². The largest absolute Gasteiger partial charge is 0.444 e. The molecule has 118 valence electrons. The molecule has 5 nitrogen and oxygen atoms in total. The normalized spacial score (nSPS) is 16.2. The van der Waals surface area contributed by atoms with Gasteiger partial charge in [0, 0.05) is 38.3 Å². The molecule has 0 unspecified atom stereocenters. The zero-order valence-corrected chi connectivity index (χ0v) is 14.8. The third kappa shape index (κ3) is 3.57. The molecule has 22 heavy (non-hydrogen) atoms. The monoisotopic (exact) mass is 383 g/mol. The number of hydrogen-bond donors (Lipinski definition) is 0. The summed E-state index contributed by atoms with van der Waals surface area (Å²) in [5.41, 5.74) is 0. The van der Waals surface area contributed by atoms with Crippen LogP contribution in [0.15, 0.2) is 38.8 Å². The van der Waals surface area contributed by atoms with Crippen molar-refractivity contribution >= 4 is 33.6 Å². The Hall–Kier alpha value is -1.21. The van der Waals surface area contributed by atoms with E-state index in [2.05, 4.69) is 20.9 Å². The highest BCUT2D eigenvalue weighted by Crippen LogP contribution is 2.26. The first-order valence-corrected chi connectivity index (χ1v) is 9.06. The van der Waals surface area contributed by atoms with E-state index in [1.54, 1.807) is 23.9 Å². The van der Waals surface area contributed by atoms with Crippen LogP contribution in [-0.4, -0.2) is 39.2 Å². The molecule has 1 aliphatic rings. The number of amides is 1. The summed E-state index contributed by atoms with van der Waals surface area (Å²) in [6.07, 6.45) is 5.85. The number of rotatable bonds is 4. The second-order valence-corrected chi connectivity index (χ2v) is 7.24. The van der Waals surface area contributed by atoms with Crippen molar-refractivity contribution in [2.75, 3.05) is 18.8 Å². The van der Waals surface area contributed by atoms with Gasteiger partial charge in [-0.25, -0.2) is 4.98 Å². The van der Waals surface area contributed by atoms with Gasteiger partial charge in [0.05, 0.1) is 0 Å². The molecule has 1 aliphatic heterocycles. The Morgan fingerprint density at radius 1 is 1.45 bits per heavy atom. The van der Waals surface area contributed by atoms with Crippen LogP contribution in [-0.2, 0) is 7.05 Å². The molecule has 1 fully saturated rings. The lowest BCUT2D eigenvalue weighted by molar-refractivity contribution is 0.0665. The van der Waals surface area contributed by atoms with Crippen LogP contribution in [0.4, 0.5) is 0 Å². The van der Waals surface area contributed by atoms with Crippen LogP contribution in [0, 0.1) is 5.92 Å². The Labute approximate surface area is 142 Å². The molecule has 2 aromatic heterocycles. The van der Waals surface area contributed by atoms with Crippen LogP contribution in [0.2, 0.25) is 0 Å². The minimum atomic E-state index is -0.0131. The van der Waals surface area contributed by atoms with E-state index in [9.17, 15) is 4.79 Å². The molecule has 0 atom stereocenters. The topological polar surface area (TPSA) is 51.3 Å². The van der Waals surface area contributed by atoms with Gasteiger partial charge in [0.15, 0.2) is 15.6 Å². The number of hydrogen-bond acceptors (Lipinski definition) is 4. The molecule has 0 radical (unpaired) electrons. The summed E-state index contributed by atoms with van der Waals surface area (Å²) in [6.45, 7) is 1.59. The second-order valence-electron chi connectivity index (χ2n) is 5.47. The van der Waals surface area contributed by atoms with Crippen LogP contribution >= 0.6 is 27.7 Å². The van der Waals surface area contributed by atoms with Crippen LogP contribution < -0.4 is 0 Å². The third-order valence-corrected chi connectivity index (χ3v) is 5.63. The molecule has 0 aliphatic carbocycles. The molecular formula is C15H18BrN3O2S. The van der Waals surface area contributed by atoms with Crippen molar-refractivity contribution in [1.29, 1.82) is 0 Å². The number of carbonyl (C=O) groups is 1. The number of carbonyl (C=O) groups excluding carboxylic acids is 1. The Bertz CT molecular complexity index is 647. The molecule has 0 bridgehead atoms. The van der Waals surface area contributed by atoms with Gasteiger partial charge in [-0.05, 0) is 46.8 Å². The minimum Gasteiger partial charge on any atom is -0.444 e. The average molecular weight is 384 g/mol. The molecule has 0 N–H and O–H groups in total. The zero-order chi connectivity index (χ0) is 15.5. The predicted molar refractivity (Wildman–Crippen MR) is 89.0 cm³/mol. The standard InChI is InChI=1S/C15H18BrN3O2S/c1-18-9-6-17-15(18)22-10-11-4-7-19(8-5-11)14(20)12-2-3-13(16)21-12/h2-3,6,9,11H,4-5,7-8,10H2,1H3. The fourth-order valence-corrected chi connectivity index (χ4v) is 4.00. The van der Waals surface area contributed by atoms with Crippen molar-refractivity contribution in [3.05, 3.63) is 35.0 Å². The van der Waals surface area contributed by atoms with Crippen molar-refractivity contribution in [1.82, 2.24) is 14.5 Å². The van der Waals surface area contributed by atoms with Crippen LogP contribution in [0.5, 0.6) is 0 Å². The predicted octanol–water partition coefficient (Wildman–Crippen LogP) is 3.42. The van der Waals surface area contributed by atoms with Gasteiger partial charge in [-0.15, -0.1) is 0 Å². The highest BCUT2D eigenvalue weighted by Gasteiger charge is 2.25. The highest BCUT2D eigenvalue weighted by molar-refractivity contribution is 9.10. The molecule has 3 rings (SSSR count). The van der Waals surface area contributed by atoms with E-state index in [1.807, 2.05) is 28.9 Å². The highest BCUT2D eigenvalue weighted by atomic mass is 79.9. The van der Waals surface area contributed by atoms with Gasteiger partial charge in [0.25, 0.3) is 5.91 Å². The second kappa shape index (κ2) is 6.91. The molecular weight excluding hydrogens is 366 g/mol. The van der Waals surface area contributed by atoms with Crippen molar-refractivity contribution in [3.63, 3.8) is 0 Å². The van der Waals surface area contributed by atoms with Gasteiger partial charge in [-0.1, -0.05) is 11.8 Å². The quantitative estimate of drug-likeness (QED) is 0.758. The van der Waals surface area contributed by atoms with E-state index in [1.165, 1.54) is 0 Å². The van der Waals surface area contributed by atoms with Crippen molar-refractivity contribution < 1.29 is 9.21 Å². The number of furan rings is 1. The van der Waals surface area contributed by atoms with Gasteiger partial charge < -0.3 is 13.9 Å². The number of aryl methyl sites for hydroxylation is 1. The molecule has 1 amide bonds. The van der Waals surface area contributed by atoms with E-state index in [4.69, 9.17) is 4.42 Å². The lowest BCUT2D eigenvalue weighted by atomic mass is 9.99. The number of imidazole rings is 1. The molecule has 3 heterocycles. The van der Waals surface area contributed by atoms with E-state index in [-0.39, 0.29) is 5.91 Å². The summed E-state index contributed by atoms with van der Waals surface area (Å²) < 4.78 is 7.98. The number of aromatic nitrogens is 2. The fraction of sp³-hybridized carbons (Fsp3) is 0.467. The Morgan fingerprint density at radius 2 is 2.23 bits per heavy atom. The number of piperidine rings is 1. The van der Waals surface area contributed by atoms with Crippen LogP contribution in [0.3, 0.4) is 0 Å². The maximum atomic E-state index is 12.3. The maximum Gasteiger partial charge on any atom is 0.289 e. The fourth-order valence-electron chi connectivity index (χ4n) is 2.57. The molecule has 2 aromatic rings. The Morgan fingerprint density at radius 3 is 2.82 bits per heavy atom. The molecule has 0 saturated carbocycles. The van der Waals surface area contributed by atoms with E-state index >= 15 is 0 Å². The van der Waals surface area contributed by atoms with Crippen molar-refractivity contribution in [3.8, 4) is 0 Å². The van der Waals surface area contributed by atoms with Crippen molar-refractivity contribution in [2.24, 2.45) is 13.0 Å². The number of thioether (sulfide) groups is 1. The Balaban J connectivity index is 1.48. The van der Waals surface area contributed by atoms with Crippen molar-refractivity contribution in [2.45, 2.75) is 18.0 Å². The van der Waals surface area contributed by atoms with Crippen LogP contribution in [0.1, 0.15) is 23.4 Å². The first-order valence-electron chi connectivity index (χ1n) is 7.28. The van der Waals surface area contributed by atoms with E-state index in [0.717, 1.165) is 36.8 Å². The van der Waals surface area contributed by atoms with Gasteiger partial charge in [-0.2, -0.15) is 0 Å². The zero-order valence-electron chi connectivity index (χ0n) is 12.4. The summed E-state index contributed by atoms with van der Waals surface area (Å²) in [5, 5.41) is 1.05. The first-order chi connectivity index (χ1) is 10.6. The molecule has 0 spiro atoms. The minimum absolute atomic E-state index is 0.0131. The van der Waals surface area contributed by atoms with Crippen LogP contribution in [0.25, 0.3) is 0 Å². The smallest absolute Gasteiger partial charge is 0.289 e. The molecule has 0 aromatic carbocycles. The number of halogens is 1. The van der Waals surface area contributed by atoms with Gasteiger partial charge in [0.1, 0.15) is 0 Å². The summed E-state index contributed by atoms with van der Waals surface area (Å²) in [5.74, 6) is 2.09. The number of nitrogens with zero attached hydrogens (tertiary/aromatic N) is 3. The summed E-state index contributed by atoms with van der Waals surface area (Å²) >= 11 is 5.02. The lowest BCUT2D eigenvalue weighted by Crippen LogP contribution is -2.38. The molecule has 1 saturated heterocycles. The maximum absolute atomic E-state index is 12.3. The third-order valence-electron chi connectivity index (χ3n) is 3.91. The lowest BCUT2D eigenvalue weighted by Gasteiger charge is -2.31.